The van der Waals surface area contributed by atoms with E-state index in [4.69, 9.17) is 0 Å². The third kappa shape index (κ3) is 5.16. The number of likely N-dealkylation sites (tertiary alicyclic amines) is 1. The number of piperidine rings is 1. The van der Waals surface area contributed by atoms with Crippen LogP contribution in [0.5, 0.6) is 0 Å². The van der Waals surface area contributed by atoms with Crippen molar-refractivity contribution in [2.24, 2.45) is 13.0 Å². The van der Waals surface area contributed by atoms with Gasteiger partial charge in [-0.15, -0.1) is 0 Å². The van der Waals surface area contributed by atoms with Gasteiger partial charge in [0.1, 0.15) is 0 Å². The molecule has 0 aliphatic carbocycles. The first-order valence-electron chi connectivity index (χ1n) is 11.6. The van der Waals surface area contributed by atoms with Crippen LogP contribution < -0.4 is 0 Å². The highest BCUT2D eigenvalue weighted by Gasteiger charge is 2.34. The Morgan fingerprint density at radius 3 is 2.62 bits per heavy atom. The van der Waals surface area contributed by atoms with E-state index in [1.165, 1.54) is 6.07 Å². The van der Waals surface area contributed by atoms with Gasteiger partial charge < -0.3 is 4.90 Å². The Morgan fingerprint density at radius 1 is 1.18 bits per heavy atom. The number of aromatic nitrogens is 3. The predicted octanol–water partition coefficient (Wildman–Crippen LogP) is 5.68. The van der Waals surface area contributed by atoms with Gasteiger partial charge in [0.05, 0.1) is 11.8 Å². The highest BCUT2D eigenvalue weighted by molar-refractivity contribution is 6.01. The SMILES string of the molecule is Cc1ccc(-c2cnn(C)c2)c(C(=O)N2CCC[C@H](C)[C@@H]2CCc2ccc(C(F)(F)F)cn2)c1. The second-order valence-electron chi connectivity index (χ2n) is 9.21. The van der Waals surface area contributed by atoms with E-state index < -0.39 is 11.7 Å². The molecule has 1 aliphatic rings. The summed E-state index contributed by atoms with van der Waals surface area (Å²) in [4.78, 5) is 19.8. The maximum absolute atomic E-state index is 13.8. The summed E-state index contributed by atoms with van der Waals surface area (Å²) in [5.74, 6) is 0.276. The number of benzene rings is 1. The van der Waals surface area contributed by atoms with Crippen LogP contribution in [0.1, 0.15) is 53.4 Å². The van der Waals surface area contributed by atoms with Gasteiger partial charge in [0, 0.05) is 48.8 Å². The van der Waals surface area contributed by atoms with Crippen LogP contribution in [0.25, 0.3) is 11.1 Å². The van der Waals surface area contributed by atoms with Crippen LogP contribution in [-0.2, 0) is 19.6 Å². The van der Waals surface area contributed by atoms with E-state index in [1.807, 2.05) is 43.3 Å². The Bertz CT molecular complexity index is 1150. The summed E-state index contributed by atoms with van der Waals surface area (Å²) in [6.07, 6.45) is 3.25. The normalized spacial score (nSPS) is 18.8. The van der Waals surface area contributed by atoms with Crippen LogP contribution >= 0.6 is 0 Å². The molecule has 1 amide bonds. The van der Waals surface area contributed by atoms with Crippen LogP contribution in [0.15, 0.2) is 48.9 Å². The molecule has 2 aromatic heterocycles. The van der Waals surface area contributed by atoms with Crippen molar-refractivity contribution < 1.29 is 18.0 Å². The van der Waals surface area contributed by atoms with Gasteiger partial charge in [-0.05, 0) is 62.3 Å². The zero-order valence-electron chi connectivity index (χ0n) is 19.6. The molecule has 0 bridgehead atoms. The van der Waals surface area contributed by atoms with Crippen molar-refractivity contribution in [3.63, 3.8) is 0 Å². The third-order valence-electron chi connectivity index (χ3n) is 6.65. The van der Waals surface area contributed by atoms with Gasteiger partial charge in [-0.1, -0.05) is 24.6 Å². The number of pyridine rings is 1. The quantitative estimate of drug-likeness (QED) is 0.482. The Kier molecular flexibility index (Phi) is 6.77. The van der Waals surface area contributed by atoms with Crippen molar-refractivity contribution in [3.8, 4) is 11.1 Å². The standard InChI is InChI=1S/C26H29F3N4O/c1-17-6-10-22(19-14-31-32(3)16-19)23(13-17)25(34)33-12-4-5-18(2)24(33)11-9-21-8-7-20(15-30-21)26(27,28)29/h6-8,10,13-16,18,24H,4-5,9,11-12H2,1-3H3/t18-,24-/m0/s1. The van der Waals surface area contributed by atoms with E-state index in [0.29, 0.717) is 36.6 Å². The number of hydrogen-bond acceptors (Lipinski definition) is 3. The van der Waals surface area contributed by atoms with E-state index in [2.05, 4.69) is 17.0 Å². The van der Waals surface area contributed by atoms with E-state index in [0.717, 1.165) is 41.8 Å². The van der Waals surface area contributed by atoms with Gasteiger partial charge in [0.25, 0.3) is 5.91 Å². The second-order valence-corrected chi connectivity index (χ2v) is 9.21. The minimum Gasteiger partial charge on any atom is -0.335 e. The van der Waals surface area contributed by atoms with Gasteiger partial charge in [0.2, 0.25) is 0 Å². The lowest BCUT2D eigenvalue weighted by Crippen LogP contribution is -2.48. The Hall–Kier alpha value is -3.16. The van der Waals surface area contributed by atoms with Gasteiger partial charge in [-0.3, -0.25) is 14.5 Å². The first kappa shape index (κ1) is 24.0. The van der Waals surface area contributed by atoms with Crippen molar-refractivity contribution in [3.05, 3.63) is 71.3 Å². The maximum atomic E-state index is 13.8. The van der Waals surface area contributed by atoms with Crippen molar-refractivity contribution in [2.75, 3.05) is 6.54 Å². The molecule has 0 saturated carbocycles. The Balaban J connectivity index is 1.57. The lowest BCUT2D eigenvalue weighted by atomic mass is 9.86. The van der Waals surface area contributed by atoms with Crippen LogP contribution in [-0.4, -0.2) is 38.2 Å². The predicted molar refractivity (Wildman–Crippen MR) is 124 cm³/mol. The molecule has 1 aromatic carbocycles. The fourth-order valence-electron chi connectivity index (χ4n) is 4.78. The molecule has 180 valence electrons. The third-order valence-corrected chi connectivity index (χ3v) is 6.65. The lowest BCUT2D eigenvalue weighted by molar-refractivity contribution is -0.137. The van der Waals surface area contributed by atoms with E-state index >= 15 is 0 Å². The molecule has 34 heavy (non-hydrogen) atoms. The van der Waals surface area contributed by atoms with Crippen molar-refractivity contribution >= 4 is 5.91 Å². The van der Waals surface area contributed by atoms with Crippen molar-refractivity contribution in [2.45, 2.75) is 51.7 Å². The van der Waals surface area contributed by atoms with Crippen molar-refractivity contribution in [1.82, 2.24) is 19.7 Å². The van der Waals surface area contributed by atoms with Crippen LogP contribution in [0.4, 0.5) is 13.2 Å². The van der Waals surface area contributed by atoms with Crippen LogP contribution in [0.3, 0.4) is 0 Å². The number of hydrogen-bond donors (Lipinski definition) is 0. The van der Waals surface area contributed by atoms with Gasteiger partial charge >= 0.3 is 6.18 Å². The molecule has 8 heteroatoms. The topological polar surface area (TPSA) is 51.0 Å². The minimum absolute atomic E-state index is 0.00685. The molecule has 0 spiro atoms. The lowest BCUT2D eigenvalue weighted by Gasteiger charge is -2.40. The molecular formula is C26H29F3N4O. The number of halogens is 3. The summed E-state index contributed by atoms with van der Waals surface area (Å²) in [5.41, 5.74) is 3.25. The zero-order valence-corrected chi connectivity index (χ0v) is 19.6. The Morgan fingerprint density at radius 2 is 1.97 bits per heavy atom. The van der Waals surface area contributed by atoms with Gasteiger partial charge in [0.15, 0.2) is 0 Å². The fourth-order valence-corrected chi connectivity index (χ4v) is 4.78. The molecule has 0 radical (unpaired) electrons. The summed E-state index contributed by atoms with van der Waals surface area (Å²) < 4.78 is 40.2. The van der Waals surface area contributed by atoms with E-state index in [9.17, 15) is 18.0 Å². The van der Waals surface area contributed by atoms with Gasteiger partial charge in [-0.25, -0.2) is 0 Å². The summed E-state index contributed by atoms with van der Waals surface area (Å²) >= 11 is 0. The number of carbonyl (C=O) groups is 1. The van der Waals surface area contributed by atoms with E-state index in [-0.39, 0.29) is 11.9 Å². The molecule has 0 unspecified atom stereocenters. The fraction of sp³-hybridized carbons (Fsp3) is 0.423. The number of aryl methyl sites for hydroxylation is 3. The maximum Gasteiger partial charge on any atom is 0.417 e. The average molecular weight is 471 g/mol. The molecule has 3 heterocycles. The van der Waals surface area contributed by atoms with Crippen LogP contribution in [0.2, 0.25) is 0 Å². The Labute approximate surface area is 197 Å². The van der Waals surface area contributed by atoms with Crippen molar-refractivity contribution in [1.29, 1.82) is 0 Å². The van der Waals surface area contributed by atoms with Crippen LogP contribution in [0, 0.1) is 12.8 Å². The molecule has 0 N–H and O–H groups in total. The summed E-state index contributed by atoms with van der Waals surface area (Å²) in [5, 5.41) is 4.25. The summed E-state index contributed by atoms with van der Waals surface area (Å²) in [6.45, 7) is 4.77. The monoisotopic (exact) mass is 470 g/mol. The minimum atomic E-state index is -4.40. The molecule has 3 aromatic rings. The second kappa shape index (κ2) is 9.60. The number of alkyl halides is 3. The highest BCUT2D eigenvalue weighted by atomic mass is 19.4. The first-order valence-corrected chi connectivity index (χ1v) is 11.6. The molecule has 2 atom stereocenters. The molecule has 1 fully saturated rings. The molecular weight excluding hydrogens is 441 g/mol. The number of carbonyl (C=O) groups excluding carboxylic acids is 1. The van der Waals surface area contributed by atoms with Gasteiger partial charge in [-0.2, -0.15) is 18.3 Å². The average Bonchev–Trinajstić information content (AvgIpc) is 3.23. The first-order chi connectivity index (χ1) is 16.1. The smallest absolute Gasteiger partial charge is 0.335 e. The molecule has 1 aliphatic heterocycles. The summed E-state index contributed by atoms with van der Waals surface area (Å²) in [6, 6.07) is 8.39. The number of nitrogens with zero attached hydrogens (tertiary/aromatic N) is 4. The highest BCUT2D eigenvalue weighted by Crippen LogP contribution is 2.32. The number of rotatable bonds is 5. The molecule has 4 rings (SSSR count). The summed E-state index contributed by atoms with van der Waals surface area (Å²) in [7, 11) is 1.84. The number of amides is 1. The molecule has 5 nitrogen and oxygen atoms in total. The van der Waals surface area contributed by atoms with E-state index in [1.54, 1.807) is 10.9 Å². The largest absolute Gasteiger partial charge is 0.417 e. The molecule has 1 saturated heterocycles. The zero-order chi connectivity index (χ0) is 24.5.